The summed E-state index contributed by atoms with van der Waals surface area (Å²) in [5.41, 5.74) is 9.12. The standard InChI is InChI=1S/C16H18BrNO3.C9H12BrNO2.C7H6O2/c1-21-16-9-14(17)12(8-15(16)20)6-7-18-10-11-2-4-13(19)5-3-11;1-13-9-5-7(10)6(2-3-11)4-8(9)12;8-5-6-1-3-7(9)4-2-6/h2-5,8-9,18-20H,6-7,10H2,1H3;4-5,12H,2-3,11H2,1H3;1-5,9H. The number of nitrogens with one attached hydrogen (secondary N) is 1. The normalized spacial score (nSPS) is 10.1. The highest BCUT2D eigenvalue weighted by Crippen LogP contribution is 2.33. The van der Waals surface area contributed by atoms with Crippen LogP contribution in [0.25, 0.3) is 0 Å². The molecule has 0 spiro atoms. The van der Waals surface area contributed by atoms with Crippen molar-refractivity contribution in [3.8, 4) is 34.5 Å². The number of rotatable bonds is 10. The maximum absolute atomic E-state index is 10.0. The highest BCUT2D eigenvalue weighted by molar-refractivity contribution is 9.10. The van der Waals surface area contributed by atoms with E-state index in [1.165, 1.54) is 26.4 Å². The van der Waals surface area contributed by atoms with Gasteiger partial charge in [0.2, 0.25) is 0 Å². The van der Waals surface area contributed by atoms with Gasteiger partial charge in [-0.05, 0) is 103 Å². The van der Waals surface area contributed by atoms with Crippen LogP contribution in [0.15, 0.2) is 81.7 Å². The van der Waals surface area contributed by atoms with Crippen LogP contribution in [-0.2, 0) is 19.4 Å². The van der Waals surface area contributed by atoms with Crippen LogP contribution in [-0.4, -0.2) is 54.0 Å². The van der Waals surface area contributed by atoms with E-state index in [1.807, 2.05) is 12.1 Å². The molecular weight excluding hydrogens is 684 g/mol. The molecule has 4 aromatic carbocycles. The first kappa shape index (κ1) is 35.4. The average Bonchev–Trinajstić information content (AvgIpc) is 3.00. The Morgan fingerprint density at radius 3 is 1.65 bits per heavy atom. The largest absolute Gasteiger partial charge is 0.508 e. The van der Waals surface area contributed by atoms with Crippen LogP contribution < -0.4 is 20.5 Å². The van der Waals surface area contributed by atoms with Gasteiger partial charge in [-0.2, -0.15) is 0 Å². The molecule has 7 N–H and O–H groups in total. The topological polar surface area (TPSA) is 154 Å². The van der Waals surface area contributed by atoms with Crippen LogP contribution in [0.3, 0.4) is 0 Å². The van der Waals surface area contributed by atoms with Crippen molar-refractivity contribution in [1.29, 1.82) is 0 Å². The Hall–Kier alpha value is -3.77. The number of hydrogen-bond acceptors (Lipinski definition) is 9. The smallest absolute Gasteiger partial charge is 0.161 e. The van der Waals surface area contributed by atoms with Crippen molar-refractivity contribution in [3.63, 3.8) is 0 Å². The molecule has 0 amide bonds. The number of carbonyl (C=O) groups excluding carboxylic acids is 1. The Morgan fingerprint density at radius 2 is 1.21 bits per heavy atom. The summed E-state index contributed by atoms with van der Waals surface area (Å²) in [5, 5.41) is 40.5. The third-order valence-electron chi connectivity index (χ3n) is 5.98. The maximum Gasteiger partial charge on any atom is 0.161 e. The summed E-state index contributed by atoms with van der Waals surface area (Å²) in [6.45, 7) is 2.08. The number of aldehydes is 1. The summed E-state index contributed by atoms with van der Waals surface area (Å²) in [6, 6.07) is 20.1. The zero-order chi connectivity index (χ0) is 31.8. The number of methoxy groups -OCH3 is 2. The van der Waals surface area contributed by atoms with Gasteiger partial charge in [0.15, 0.2) is 23.0 Å². The van der Waals surface area contributed by atoms with Crippen LogP contribution in [0.1, 0.15) is 27.0 Å². The van der Waals surface area contributed by atoms with E-state index in [-0.39, 0.29) is 23.0 Å². The molecule has 0 saturated heterocycles. The van der Waals surface area contributed by atoms with Gasteiger partial charge >= 0.3 is 0 Å². The van der Waals surface area contributed by atoms with E-state index in [0.717, 1.165) is 57.9 Å². The summed E-state index contributed by atoms with van der Waals surface area (Å²) in [6.07, 6.45) is 2.26. The Balaban J connectivity index is 0.000000249. The minimum absolute atomic E-state index is 0.147. The lowest BCUT2D eigenvalue weighted by Crippen LogP contribution is -2.16. The first-order valence-corrected chi connectivity index (χ1v) is 14.7. The van der Waals surface area contributed by atoms with E-state index < -0.39 is 0 Å². The minimum atomic E-state index is 0.147. The van der Waals surface area contributed by atoms with Crippen LogP contribution in [0.2, 0.25) is 0 Å². The van der Waals surface area contributed by atoms with Crippen molar-refractivity contribution in [3.05, 3.63) is 104 Å². The minimum Gasteiger partial charge on any atom is -0.508 e. The second-order valence-electron chi connectivity index (χ2n) is 9.07. The van der Waals surface area contributed by atoms with E-state index in [1.54, 1.807) is 48.5 Å². The number of nitrogens with two attached hydrogens (primary N) is 1. The summed E-state index contributed by atoms with van der Waals surface area (Å²) >= 11 is 6.86. The van der Waals surface area contributed by atoms with E-state index in [4.69, 9.17) is 20.3 Å². The zero-order valence-corrected chi connectivity index (χ0v) is 27.1. The van der Waals surface area contributed by atoms with E-state index >= 15 is 0 Å². The molecule has 0 heterocycles. The third kappa shape index (κ3) is 12.2. The van der Waals surface area contributed by atoms with Crippen LogP contribution >= 0.6 is 31.9 Å². The second-order valence-corrected chi connectivity index (χ2v) is 10.8. The number of benzene rings is 4. The molecule has 0 aliphatic carbocycles. The molecule has 0 fully saturated rings. The summed E-state index contributed by atoms with van der Waals surface area (Å²) in [7, 11) is 3.05. The molecule has 0 saturated carbocycles. The molecule has 4 rings (SSSR count). The fourth-order valence-corrected chi connectivity index (χ4v) is 4.70. The number of phenols is 4. The Labute approximate surface area is 268 Å². The molecule has 0 unspecified atom stereocenters. The lowest BCUT2D eigenvalue weighted by molar-refractivity contribution is 0.112. The predicted molar refractivity (Wildman–Crippen MR) is 174 cm³/mol. The van der Waals surface area contributed by atoms with Crippen LogP contribution in [0, 0.1) is 0 Å². The van der Waals surface area contributed by atoms with Crippen LogP contribution in [0.4, 0.5) is 0 Å². The highest BCUT2D eigenvalue weighted by Gasteiger charge is 2.08. The van der Waals surface area contributed by atoms with E-state index in [0.29, 0.717) is 23.6 Å². The van der Waals surface area contributed by atoms with Gasteiger partial charge in [0.1, 0.15) is 17.8 Å². The average molecular weight is 720 g/mol. The van der Waals surface area contributed by atoms with E-state index in [9.17, 15) is 20.1 Å². The molecule has 0 aliphatic heterocycles. The van der Waals surface area contributed by atoms with E-state index in [2.05, 4.69) is 37.2 Å². The zero-order valence-electron chi connectivity index (χ0n) is 23.9. The van der Waals surface area contributed by atoms with Gasteiger partial charge in [0.05, 0.1) is 14.2 Å². The SMILES string of the molecule is COc1cc(Br)c(CCN)cc1O.COc1cc(Br)c(CCNCc2ccc(O)cc2)cc1O.O=Cc1ccc(O)cc1. The fraction of sp³-hybridized carbons (Fsp3) is 0.219. The van der Waals surface area contributed by atoms with Crippen molar-refractivity contribution in [2.45, 2.75) is 19.4 Å². The molecule has 0 radical (unpaired) electrons. The second kappa shape index (κ2) is 18.7. The molecule has 11 heteroatoms. The molecule has 4 aromatic rings. The third-order valence-corrected chi connectivity index (χ3v) is 7.45. The van der Waals surface area contributed by atoms with Gasteiger partial charge in [0, 0.05) is 21.1 Å². The number of halogens is 2. The van der Waals surface area contributed by atoms with Gasteiger partial charge in [-0.25, -0.2) is 0 Å². The molecular formula is C32H36Br2N2O7. The number of carbonyl (C=O) groups is 1. The number of hydrogen-bond donors (Lipinski definition) is 6. The van der Waals surface area contributed by atoms with Crippen LogP contribution in [0.5, 0.6) is 34.5 Å². The van der Waals surface area contributed by atoms with Crippen molar-refractivity contribution in [2.75, 3.05) is 27.3 Å². The molecule has 230 valence electrons. The number of ether oxygens (including phenoxy) is 2. The highest BCUT2D eigenvalue weighted by atomic mass is 79.9. The lowest BCUT2D eigenvalue weighted by atomic mass is 10.1. The fourth-order valence-electron chi connectivity index (χ4n) is 3.66. The molecule has 43 heavy (non-hydrogen) atoms. The van der Waals surface area contributed by atoms with Gasteiger partial charge in [-0.1, -0.05) is 44.0 Å². The predicted octanol–water partition coefficient (Wildman–Crippen LogP) is 6.07. The maximum atomic E-state index is 10.0. The summed E-state index contributed by atoms with van der Waals surface area (Å²) in [4.78, 5) is 10.0. The van der Waals surface area contributed by atoms with Gasteiger partial charge in [-0.15, -0.1) is 0 Å². The van der Waals surface area contributed by atoms with Crippen molar-refractivity contribution in [2.24, 2.45) is 5.73 Å². The summed E-state index contributed by atoms with van der Waals surface area (Å²) in [5.74, 6) is 1.68. The van der Waals surface area contributed by atoms with Crippen molar-refractivity contribution < 1.29 is 34.7 Å². The summed E-state index contributed by atoms with van der Waals surface area (Å²) < 4.78 is 11.8. The first-order chi connectivity index (χ1) is 20.6. The Morgan fingerprint density at radius 1 is 0.744 bits per heavy atom. The Kier molecular flexibility index (Phi) is 15.4. The molecule has 0 aromatic heterocycles. The first-order valence-electron chi connectivity index (χ1n) is 13.1. The lowest BCUT2D eigenvalue weighted by Gasteiger charge is -2.10. The number of phenolic OH excluding ortho intramolecular Hbond substituents is 4. The number of aromatic hydroxyl groups is 4. The van der Waals surface area contributed by atoms with Gasteiger partial charge < -0.3 is 41.0 Å². The van der Waals surface area contributed by atoms with Crippen molar-refractivity contribution >= 4 is 38.1 Å². The Bertz CT molecular complexity index is 1430. The molecule has 9 nitrogen and oxygen atoms in total. The quantitative estimate of drug-likeness (QED) is 0.0847. The van der Waals surface area contributed by atoms with Gasteiger partial charge in [0.25, 0.3) is 0 Å². The molecule has 0 aliphatic rings. The molecule has 0 atom stereocenters. The monoisotopic (exact) mass is 718 g/mol. The van der Waals surface area contributed by atoms with Gasteiger partial charge in [-0.3, -0.25) is 4.79 Å². The van der Waals surface area contributed by atoms with Crippen molar-refractivity contribution in [1.82, 2.24) is 5.32 Å². The molecule has 0 bridgehead atoms.